The molecular weight excluding hydrogens is 245 g/mol. The van der Waals surface area contributed by atoms with Crippen LogP contribution in [0.2, 0.25) is 0 Å². The predicted molar refractivity (Wildman–Crippen MR) is 60.8 cm³/mol. The molecule has 0 saturated carbocycles. The molecule has 1 aromatic rings. The number of rotatable bonds is 3. The Morgan fingerprint density at radius 1 is 1.33 bits per heavy atom. The standard InChI is InChI=1S/C13H13F3O2/c1-9-5-3-4-6-11(9)7-8-12(13(14,15)16)18-10(2)17/h3-6,8H,7H2,1-2H3. The number of alkyl halides is 3. The van der Waals surface area contributed by atoms with Gasteiger partial charge in [0, 0.05) is 6.92 Å². The molecule has 0 fully saturated rings. The van der Waals surface area contributed by atoms with Gasteiger partial charge in [-0.25, -0.2) is 0 Å². The summed E-state index contributed by atoms with van der Waals surface area (Å²) >= 11 is 0. The largest absolute Gasteiger partial charge is 0.449 e. The summed E-state index contributed by atoms with van der Waals surface area (Å²) in [6.07, 6.45) is -3.72. The highest BCUT2D eigenvalue weighted by molar-refractivity contribution is 5.67. The van der Waals surface area contributed by atoms with Gasteiger partial charge in [-0.3, -0.25) is 4.79 Å². The van der Waals surface area contributed by atoms with E-state index in [0.717, 1.165) is 24.1 Å². The lowest BCUT2D eigenvalue weighted by Gasteiger charge is -2.11. The Kier molecular flexibility index (Phi) is 4.53. The molecule has 1 aromatic carbocycles. The van der Waals surface area contributed by atoms with Gasteiger partial charge in [0.05, 0.1) is 0 Å². The molecular formula is C13H13F3O2. The van der Waals surface area contributed by atoms with Gasteiger partial charge < -0.3 is 4.74 Å². The van der Waals surface area contributed by atoms with E-state index in [1.165, 1.54) is 0 Å². The molecule has 0 aliphatic heterocycles. The summed E-state index contributed by atoms with van der Waals surface area (Å²) in [7, 11) is 0. The summed E-state index contributed by atoms with van der Waals surface area (Å²) in [5.41, 5.74) is 1.64. The number of allylic oxidation sites excluding steroid dienone is 2. The predicted octanol–water partition coefficient (Wildman–Crippen LogP) is 3.55. The fourth-order valence-corrected chi connectivity index (χ4v) is 1.41. The third-order valence-electron chi connectivity index (χ3n) is 2.30. The molecule has 0 bridgehead atoms. The van der Waals surface area contributed by atoms with Gasteiger partial charge in [0.25, 0.3) is 0 Å². The summed E-state index contributed by atoms with van der Waals surface area (Å²) in [4.78, 5) is 10.6. The van der Waals surface area contributed by atoms with Crippen molar-refractivity contribution in [2.45, 2.75) is 26.4 Å². The molecule has 0 aliphatic rings. The second-order valence-corrected chi connectivity index (χ2v) is 3.79. The van der Waals surface area contributed by atoms with Crippen molar-refractivity contribution < 1.29 is 22.7 Å². The first-order valence-corrected chi connectivity index (χ1v) is 5.31. The zero-order chi connectivity index (χ0) is 13.8. The zero-order valence-electron chi connectivity index (χ0n) is 10.0. The fourth-order valence-electron chi connectivity index (χ4n) is 1.41. The Labute approximate surface area is 103 Å². The molecule has 2 nitrogen and oxygen atoms in total. The van der Waals surface area contributed by atoms with E-state index in [-0.39, 0.29) is 6.42 Å². The average molecular weight is 258 g/mol. The van der Waals surface area contributed by atoms with Gasteiger partial charge in [0.15, 0.2) is 0 Å². The highest BCUT2D eigenvalue weighted by atomic mass is 19.4. The summed E-state index contributed by atoms with van der Waals surface area (Å²) in [5, 5.41) is 0. The first kappa shape index (κ1) is 14.3. The van der Waals surface area contributed by atoms with Gasteiger partial charge in [-0.2, -0.15) is 13.2 Å². The summed E-state index contributed by atoms with van der Waals surface area (Å²) in [6, 6.07) is 7.09. The zero-order valence-corrected chi connectivity index (χ0v) is 10.0. The lowest BCUT2D eigenvalue weighted by molar-refractivity contribution is -0.158. The third kappa shape index (κ3) is 4.24. The van der Waals surface area contributed by atoms with Crippen molar-refractivity contribution >= 4 is 5.97 Å². The Morgan fingerprint density at radius 3 is 2.44 bits per heavy atom. The van der Waals surface area contributed by atoms with E-state index < -0.39 is 17.9 Å². The third-order valence-corrected chi connectivity index (χ3v) is 2.30. The SMILES string of the molecule is CC(=O)OC(=CCc1ccccc1C)C(F)(F)F. The quantitative estimate of drug-likeness (QED) is 0.612. The number of esters is 1. The molecule has 0 spiro atoms. The van der Waals surface area contributed by atoms with Crippen LogP contribution in [0.1, 0.15) is 18.1 Å². The van der Waals surface area contributed by atoms with Crippen LogP contribution in [-0.2, 0) is 16.0 Å². The molecule has 0 atom stereocenters. The van der Waals surface area contributed by atoms with Crippen LogP contribution >= 0.6 is 0 Å². The van der Waals surface area contributed by atoms with Crippen LogP contribution in [0, 0.1) is 6.92 Å². The Hall–Kier alpha value is -1.78. The number of benzene rings is 1. The summed E-state index contributed by atoms with van der Waals surface area (Å²) in [5.74, 6) is -2.25. The van der Waals surface area contributed by atoms with E-state index in [1.807, 2.05) is 13.0 Å². The van der Waals surface area contributed by atoms with Gasteiger partial charge in [-0.1, -0.05) is 24.3 Å². The van der Waals surface area contributed by atoms with E-state index in [1.54, 1.807) is 18.2 Å². The first-order chi connectivity index (χ1) is 8.30. The first-order valence-electron chi connectivity index (χ1n) is 5.31. The molecule has 5 heteroatoms. The van der Waals surface area contributed by atoms with Crippen LogP contribution < -0.4 is 0 Å². The lowest BCUT2D eigenvalue weighted by Crippen LogP contribution is -2.17. The average Bonchev–Trinajstić information content (AvgIpc) is 2.24. The number of hydrogen-bond acceptors (Lipinski definition) is 2. The van der Waals surface area contributed by atoms with Gasteiger partial charge in [-0.15, -0.1) is 0 Å². The maximum atomic E-state index is 12.5. The summed E-state index contributed by atoms with van der Waals surface area (Å²) < 4.78 is 41.8. The minimum atomic E-state index is -4.66. The van der Waals surface area contributed by atoms with Crippen molar-refractivity contribution in [3.05, 3.63) is 47.2 Å². The molecule has 0 saturated heterocycles. The highest BCUT2D eigenvalue weighted by Gasteiger charge is 2.36. The summed E-state index contributed by atoms with van der Waals surface area (Å²) in [6.45, 7) is 2.75. The normalized spacial score (nSPS) is 12.4. The maximum absolute atomic E-state index is 12.5. The molecule has 0 amide bonds. The minimum absolute atomic E-state index is 0.0643. The van der Waals surface area contributed by atoms with Crippen molar-refractivity contribution in [1.29, 1.82) is 0 Å². The van der Waals surface area contributed by atoms with Crippen molar-refractivity contribution in [2.75, 3.05) is 0 Å². The number of aryl methyl sites for hydroxylation is 1. The van der Waals surface area contributed by atoms with E-state index in [2.05, 4.69) is 4.74 Å². The Balaban J connectivity index is 2.90. The second-order valence-electron chi connectivity index (χ2n) is 3.79. The van der Waals surface area contributed by atoms with Gasteiger partial charge in [0.2, 0.25) is 5.76 Å². The highest BCUT2D eigenvalue weighted by Crippen LogP contribution is 2.27. The Bertz CT molecular complexity index is 462. The molecule has 0 aromatic heterocycles. The van der Waals surface area contributed by atoms with Crippen LogP contribution in [0.3, 0.4) is 0 Å². The monoisotopic (exact) mass is 258 g/mol. The number of halogens is 3. The van der Waals surface area contributed by atoms with E-state index in [4.69, 9.17) is 0 Å². The van der Waals surface area contributed by atoms with Crippen molar-refractivity contribution in [3.63, 3.8) is 0 Å². The molecule has 0 radical (unpaired) electrons. The molecule has 1 rings (SSSR count). The molecule has 0 N–H and O–H groups in total. The van der Waals surface area contributed by atoms with Crippen molar-refractivity contribution in [3.8, 4) is 0 Å². The number of hydrogen-bond donors (Lipinski definition) is 0. The fraction of sp³-hybridized carbons (Fsp3) is 0.308. The number of carbonyl (C=O) groups excluding carboxylic acids is 1. The molecule has 18 heavy (non-hydrogen) atoms. The molecule has 0 unspecified atom stereocenters. The van der Waals surface area contributed by atoms with E-state index >= 15 is 0 Å². The minimum Gasteiger partial charge on any atom is -0.422 e. The van der Waals surface area contributed by atoms with Crippen LogP contribution in [0.4, 0.5) is 13.2 Å². The Morgan fingerprint density at radius 2 is 1.94 bits per heavy atom. The smallest absolute Gasteiger partial charge is 0.422 e. The van der Waals surface area contributed by atoms with Crippen LogP contribution in [0.15, 0.2) is 36.1 Å². The van der Waals surface area contributed by atoms with Crippen molar-refractivity contribution in [1.82, 2.24) is 0 Å². The lowest BCUT2D eigenvalue weighted by atomic mass is 10.1. The van der Waals surface area contributed by atoms with Crippen molar-refractivity contribution in [2.24, 2.45) is 0 Å². The van der Waals surface area contributed by atoms with E-state index in [0.29, 0.717) is 0 Å². The number of ether oxygens (including phenoxy) is 1. The molecule has 98 valence electrons. The van der Waals surface area contributed by atoms with Crippen LogP contribution in [0.25, 0.3) is 0 Å². The maximum Gasteiger partial charge on any atom is 0.449 e. The van der Waals surface area contributed by atoms with Gasteiger partial charge >= 0.3 is 12.1 Å². The van der Waals surface area contributed by atoms with Crippen LogP contribution in [-0.4, -0.2) is 12.1 Å². The topological polar surface area (TPSA) is 26.3 Å². The number of carbonyl (C=O) groups is 1. The van der Waals surface area contributed by atoms with Gasteiger partial charge in [-0.05, 0) is 30.5 Å². The van der Waals surface area contributed by atoms with Gasteiger partial charge in [0.1, 0.15) is 0 Å². The van der Waals surface area contributed by atoms with Crippen LogP contribution in [0.5, 0.6) is 0 Å². The molecule has 0 aliphatic carbocycles. The molecule has 0 heterocycles. The van der Waals surface area contributed by atoms with E-state index in [9.17, 15) is 18.0 Å². The second kappa shape index (κ2) is 5.71.